The molecule has 0 aliphatic heterocycles. The van der Waals surface area contributed by atoms with Crippen molar-refractivity contribution in [1.29, 1.82) is 5.26 Å². The Morgan fingerprint density at radius 2 is 2.19 bits per heavy atom. The third-order valence-corrected chi connectivity index (χ3v) is 4.85. The molecule has 1 atom stereocenters. The van der Waals surface area contributed by atoms with Crippen molar-refractivity contribution in [1.82, 2.24) is 10.2 Å². The molecule has 0 bridgehead atoms. The number of carbonyl (C=O) groups is 1. The maximum absolute atomic E-state index is 12.2. The van der Waals surface area contributed by atoms with Crippen LogP contribution < -0.4 is 14.8 Å². The number of amides is 1. The van der Waals surface area contributed by atoms with E-state index in [1.165, 1.54) is 18.1 Å². The van der Waals surface area contributed by atoms with E-state index in [9.17, 15) is 4.79 Å². The van der Waals surface area contributed by atoms with Gasteiger partial charge >= 0.3 is 0 Å². The highest BCUT2D eigenvalue weighted by atomic mass is 32.1. The van der Waals surface area contributed by atoms with E-state index in [4.69, 9.17) is 14.7 Å². The minimum absolute atomic E-state index is 0.0504. The molecule has 142 valence electrons. The van der Waals surface area contributed by atoms with Gasteiger partial charge in [-0.2, -0.15) is 5.26 Å². The molecule has 0 aliphatic rings. The first-order valence-electron chi connectivity index (χ1n) is 8.38. The molecule has 0 aliphatic carbocycles. The average molecular weight is 385 g/mol. The van der Waals surface area contributed by atoms with Crippen LogP contribution in [0.4, 0.5) is 0 Å². The van der Waals surface area contributed by atoms with Gasteiger partial charge in [-0.05, 0) is 49.3 Å². The van der Waals surface area contributed by atoms with Crippen molar-refractivity contribution in [2.75, 3.05) is 34.4 Å². The molecule has 1 aromatic carbocycles. The molecule has 6 nitrogen and oxygen atoms in total. The lowest BCUT2D eigenvalue weighted by molar-refractivity contribution is -0.116. The Balaban J connectivity index is 1.96. The number of nitriles is 1. The standard InChI is InChI=1S/C20H23N3O3S/c1-23(2)16(19-5-4-12-27-19)14-22-20(24)9-7-15-6-8-17(26-11-10-21)18(13-15)25-3/h4-9,12-13,16H,11,14H2,1-3H3,(H,22,24)/b9-7+. The number of ether oxygens (including phenoxy) is 2. The largest absolute Gasteiger partial charge is 0.493 e. The summed E-state index contributed by atoms with van der Waals surface area (Å²) in [5.41, 5.74) is 0.800. The van der Waals surface area contributed by atoms with Gasteiger partial charge in [-0.1, -0.05) is 12.1 Å². The molecule has 2 rings (SSSR count). The van der Waals surface area contributed by atoms with Crippen LogP contribution in [-0.4, -0.2) is 45.2 Å². The number of benzene rings is 1. The van der Waals surface area contributed by atoms with Crippen molar-refractivity contribution >= 4 is 23.3 Å². The predicted octanol–water partition coefficient (Wildman–Crippen LogP) is 3.09. The van der Waals surface area contributed by atoms with Crippen molar-refractivity contribution in [2.45, 2.75) is 6.04 Å². The quantitative estimate of drug-likeness (QED) is 0.672. The Labute approximate surface area is 163 Å². The number of methoxy groups -OCH3 is 1. The van der Waals surface area contributed by atoms with Gasteiger partial charge in [0.1, 0.15) is 6.07 Å². The number of rotatable bonds is 9. The number of thiophene rings is 1. The number of nitrogens with zero attached hydrogens (tertiary/aromatic N) is 2. The number of carbonyl (C=O) groups excluding carboxylic acids is 1. The smallest absolute Gasteiger partial charge is 0.244 e. The van der Waals surface area contributed by atoms with Gasteiger partial charge in [0.25, 0.3) is 0 Å². The fraction of sp³-hybridized carbons (Fsp3) is 0.300. The van der Waals surface area contributed by atoms with Crippen molar-refractivity contribution in [3.8, 4) is 17.6 Å². The van der Waals surface area contributed by atoms with E-state index in [0.717, 1.165) is 5.56 Å². The fourth-order valence-corrected chi connectivity index (χ4v) is 3.39. The van der Waals surface area contributed by atoms with Crippen LogP contribution in [-0.2, 0) is 4.79 Å². The van der Waals surface area contributed by atoms with E-state index in [1.54, 1.807) is 35.6 Å². The van der Waals surface area contributed by atoms with E-state index in [-0.39, 0.29) is 18.6 Å². The molecule has 7 heteroatoms. The summed E-state index contributed by atoms with van der Waals surface area (Å²) in [6, 6.07) is 11.4. The molecule has 0 saturated carbocycles. The molecule has 0 fully saturated rings. The van der Waals surface area contributed by atoms with Crippen LogP contribution in [0.1, 0.15) is 16.5 Å². The van der Waals surface area contributed by atoms with Gasteiger partial charge in [-0.25, -0.2) is 0 Å². The second-order valence-corrected chi connectivity index (χ2v) is 6.91. The Kier molecular flexibility index (Phi) is 7.86. The maximum Gasteiger partial charge on any atom is 0.244 e. The zero-order chi connectivity index (χ0) is 19.6. The van der Waals surface area contributed by atoms with Crippen LogP contribution in [0.25, 0.3) is 6.08 Å². The summed E-state index contributed by atoms with van der Waals surface area (Å²) in [6.45, 7) is 0.478. The molecule has 1 heterocycles. The van der Waals surface area contributed by atoms with Gasteiger partial charge in [0.05, 0.1) is 13.2 Å². The van der Waals surface area contributed by atoms with Crippen molar-refractivity contribution in [3.63, 3.8) is 0 Å². The van der Waals surface area contributed by atoms with Crippen molar-refractivity contribution in [3.05, 3.63) is 52.2 Å². The van der Waals surface area contributed by atoms with E-state index in [1.807, 2.05) is 31.6 Å². The van der Waals surface area contributed by atoms with Crippen LogP contribution in [0.5, 0.6) is 11.5 Å². The summed E-state index contributed by atoms with van der Waals surface area (Å²) < 4.78 is 10.6. The summed E-state index contributed by atoms with van der Waals surface area (Å²) in [5.74, 6) is 0.839. The number of hydrogen-bond acceptors (Lipinski definition) is 6. The van der Waals surface area contributed by atoms with Gasteiger partial charge in [-0.3, -0.25) is 4.79 Å². The minimum Gasteiger partial charge on any atom is -0.493 e. The SMILES string of the molecule is COc1cc(/C=C/C(=O)NCC(c2cccs2)N(C)C)ccc1OCC#N. The van der Waals surface area contributed by atoms with Gasteiger partial charge < -0.3 is 19.7 Å². The Morgan fingerprint density at radius 3 is 2.81 bits per heavy atom. The van der Waals surface area contributed by atoms with E-state index >= 15 is 0 Å². The lowest BCUT2D eigenvalue weighted by atomic mass is 10.2. The summed E-state index contributed by atoms with van der Waals surface area (Å²) in [6.07, 6.45) is 3.20. The predicted molar refractivity (Wildman–Crippen MR) is 107 cm³/mol. The Bertz CT molecular complexity index is 810. The molecule has 1 amide bonds. The van der Waals surface area contributed by atoms with Crippen LogP contribution in [0.15, 0.2) is 41.8 Å². The van der Waals surface area contributed by atoms with Crippen LogP contribution in [0, 0.1) is 11.3 Å². The highest BCUT2D eigenvalue weighted by molar-refractivity contribution is 7.10. The first kappa shape index (κ1) is 20.5. The summed E-state index contributed by atoms with van der Waals surface area (Å²) in [5, 5.41) is 13.6. The Hall–Kier alpha value is -2.82. The summed E-state index contributed by atoms with van der Waals surface area (Å²) in [7, 11) is 5.52. The number of hydrogen-bond donors (Lipinski definition) is 1. The number of likely N-dealkylation sites (N-methyl/N-ethyl adjacent to an activating group) is 1. The molecule has 1 N–H and O–H groups in total. The zero-order valence-electron chi connectivity index (χ0n) is 15.6. The van der Waals surface area contributed by atoms with Crippen LogP contribution >= 0.6 is 11.3 Å². The molecular formula is C20H23N3O3S. The van der Waals surface area contributed by atoms with Gasteiger partial charge in [0.2, 0.25) is 5.91 Å². The van der Waals surface area contributed by atoms with E-state index < -0.39 is 0 Å². The zero-order valence-corrected chi connectivity index (χ0v) is 16.5. The first-order chi connectivity index (χ1) is 13.0. The fourth-order valence-electron chi connectivity index (χ4n) is 2.46. The molecule has 0 saturated heterocycles. The monoisotopic (exact) mass is 385 g/mol. The molecule has 27 heavy (non-hydrogen) atoms. The topological polar surface area (TPSA) is 74.6 Å². The molecule has 0 spiro atoms. The third-order valence-electron chi connectivity index (χ3n) is 3.87. The summed E-state index contributed by atoms with van der Waals surface area (Å²) >= 11 is 1.68. The van der Waals surface area contributed by atoms with Crippen molar-refractivity contribution in [2.24, 2.45) is 0 Å². The molecule has 1 aromatic heterocycles. The van der Waals surface area contributed by atoms with Gasteiger partial charge in [0, 0.05) is 17.5 Å². The summed E-state index contributed by atoms with van der Waals surface area (Å²) in [4.78, 5) is 15.5. The molecule has 0 radical (unpaired) electrons. The van der Waals surface area contributed by atoms with E-state index in [2.05, 4.69) is 16.3 Å². The molecule has 1 unspecified atom stereocenters. The normalized spacial score (nSPS) is 12.0. The average Bonchev–Trinajstić information content (AvgIpc) is 3.19. The minimum atomic E-state index is -0.165. The van der Waals surface area contributed by atoms with Crippen LogP contribution in [0.2, 0.25) is 0 Å². The van der Waals surface area contributed by atoms with Crippen LogP contribution in [0.3, 0.4) is 0 Å². The van der Waals surface area contributed by atoms with Crippen molar-refractivity contribution < 1.29 is 14.3 Å². The second kappa shape index (κ2) is 10.4. The van der Waals surface area contributed by atoms with E-state index in [0.29, 0.717) is 18.0 Å². The van der Waals surface area contributed by atoms with Gasteiger partial charge in [-0.15, -0.1) is 11.3 Å². The highest BCUT2D eigenvalue weighted by Gasteiger charge is 2.15. The molecular weight excluding hydrogens is 362 g/mol. The lowest BCUT2D eigenvalue weighted by Crippen LogP contribution is -2.33. The lowest BCUT2D eigenvalue weighted by Gasteiger charge is -2.23. The Morgan fingerprint density at radius 1 is 1.37 bits per heavy atom. The van der Waals surface area contributed by atoms with Gasteiger partial charge in [0.15, 0.2) is 18.1 Å². The first-order valence-corrected chi connectivity index (χ1v) is 9.26. The second-order valence-electron chi connectivity index (χ2n) is 5.93. The number of nitrogens with one attached hydrogen (secondary N) is 1. The maximum atomic E-state index is 12.2. The molecule has 2 aromatic rings. The third kappa shape index (κ3) is 6.13. The highest BCUT2D eigenvalue weighted by Crippen LogP contribution is 2.28.